The third-order valence-electron chi connectivity index (χ3n) is 2.48. The Kier molecular flexibility index (Phi) is 2.65. The number of nitrogens with two attached hydrogens (primary N) is 1. The van der Waals surface area contributed by atoms with Crippen molar-refractivity contribution < 1.29 is 18.3 Å². The molecule has 1 aromatic heterocycles. The van der Waals surface area contributed by atoms with Gasteiger partial charge in [0, 0.05) is 12.1 Å². The highest BCUT2D eigenvalue weighted by Crippen LogP contribution is 2.29. The lowest BCUT2D eigenvalue weighted by Crippen LogP contribution is -2.26. The van der Waals surface area contributed by atoms with E-state index in [9.17, 15) is 13.9 Å². The van der Waals surface area contributed by atoms with E-state index in [0.717, 1.165) is 6.07 Å². The highest BCUT2D eigenvalue weighted by Gasteiger charge is 2.24. The van der Waals surface area contributed by atoms with Gasteiger partial charge in [-0.2, -0.15) is 0 Å². The topological polar surface area (TPSA) is 59.4 Å². The van der Waals surface area contributed by atoms with Crippen LogP contribution in [0.1, 0.15) is 18.6 Å². The van der Waals surface area contributed by atoms with Gasteiger partial charge in [-0.3, -0.25) is 0 Å². The Morgan fingerprint density at radius 1 is 1.44 bits per heavy atom. The first-order valence-electron chi connectivity index (χ1n) is 4.81. The van der Waals surface area contributed by atoms with Crippen molar-refractivity contribution in [1.29, 1.82) is 0 Å². The molecule has 0 aliphatic heterocycles. The molecule has 86 valence electrons. The van der Waals surface area contributed by atoms with Crippen LogP contribution in [0.3, 0.4) is 0 Å². The second-order valence-electron chi connectivity index (χ2n) is 3.72. The van der Waals surface area contributed by atoms with Gasteiger partial charge in [-0.25, -0.2) is 8.78 Å². The zero-order valence-electron chi connectivity index (χ0n) is 8.58. The Labute approximate surface area is 90.5 Å². The molecule has 3 nitrogen and oxygen atoms in total. The molecule has 2 aromatic rings. The first-order valence-corrected chi connectivity index (χ1v) is 4.81. The average molecular weight is 227 g/mol. The van der Waals surface area contributed by atoms with Crippen molar-refractivity contribution in [2.45, 2.75) is 19.1 Å². The SMILES string of the molecule is CC(N)C(O)c1c(F)cc2occc2c1F. The lowest BCUT2D eigenvalue weighted by atomic mass is 10.0. The molecular weight excluding hydrogens is 216 g/mol. The summed E-state index contributed by atoms with van der Waals surface area (Å²) in [6, 6.07) is 1.66. The molecule has 2 rings (SSSR count). The van der Waals surface area contributed by atoms with Crippen LogP contribution in [0.15, 0.2) is 22.8 Å². The Morgan fingerprint density at radius 3 is 2.75 bits per heavy atom. The number of furan rings is 1. The Bertz CT molecular complexity index is 522. The summed E-state index contributed by atoms with van der Waals surface area (Å²) in [7, 11) is 0. The summed E-state index contributed by atoms with van der Waals surface area (Å²) < 4.78 is 32.3. The van der Waals surface area contributed by atoms with Crippen LogP contribution < -0.4 is 5.73 Å². The third-order valence-corrected chi connectivity index (χ3v) is 2.48. The van der Waals surface area contributed by atoms with Crippen LogP contribution in [0, 0.1) is 11.6 Å². The van der Waals surface area contributed by atoms with Crippen LogP contribution in [0.5, 0.6) is 0 Å². The first-order chi connectivity index (χ1) is 7.52. The van der Waals surface area contributed by atoms with Crippen molar-refractivity contribution in [3.05, 3.63) is 35.6 Å². The maximum atomic E-state index is 13.9. The van der Waals surface area contributed by atoms with E-state index in [2.05, 4.69) is 0 Å². The third kappa shape index (κ3) is 1.58. The molecule has 1 heterocycles. The molecule has 5 heteroatoms. The minimum atomic E-state index is -1.38. The van der Waals surface area contributed by atoms with Crippen molar-refractivity contribution in [3.63, 3.8) is 0 Å². The van der Waals surface area contributed by atoms with Gasteiger partial charge in [0.15, 0.2) is 0 Å². The Balaban J connectivity index is 2.68. The molecular formula is C11H11F2NO2. The summed E-state index contributed by atoms with van der Waals surface area (Å²) in [5, 5.41) is 9.76. The molecule has 0 saturated heterocycles. The van der Waals surface area contributed by atoms with Gasteiger partial charge in [0.05, 0.1) is 23.3 Å². The van der Waals surface area contributed by atoms with Crippen molar-refractivity contribution in [1.82, 2.24) is 0 Å². The first kappa shape index (κ1) is 11.0. The normalized spacial score (nSPS) is 15.3. The van der Waals surface area contributed by atoms with Crippen molar-refractivity contribution in [2.75, 3.05) is 0 Å². The van der Waals surface area contributed by atoms with Crippen molar-refractivity contribution >= 4 is 11.0 Å². The zero-order chi connectivity index (χ0) is 11.9. The molecule has 0 spiro atoms. The van der Waals surface area contributed by atoms with Gasteiger partial charge >= 0.3 is 0 Å². The van der Waals surface area contributed by atoms with Gasteiger partial charge in [-0.05, 0) is 13.0 Å². The molecule has 16 heavy (non-hydrogen) atoms. The lowest BCUT2D eigenvalue weighted by molar-refractivity contribution is 0.144. The second-order valence-corrected chi connectivity index (χ2v) is 3.72. The van der Waals surface area contributed by atoms with E-state index in [0.29, 0.717) is 0 Å². The van der Waals surface area contributed by atoms with Crippen LogP contribution in [0.4, 0.5) is 8.78 Å². The van der Waals surface area contributed by atoms with Crippen molar-refractivity contribution in [3.8, 4) is 0 Å². The molecule has 3 N–H and O–H groups in total. The molecule has 0 saturated carbocycles. The predicted molar refractivity (Wildman–Crippen MR) is 54.7 cm³/mol. The van der Waals surface area contributed by atoms with Crippen LogP contribution in [0.25, 0.3) is 11.0 Å². The van der Waals surface area contributed by atoms with E-state index >= 15 is 0 Å². The molecule has 2 unspecified atom stereocenters. The minimum absolute atomic E-state index is 0.107. The summed E-state index contributed by atoms with van der Waals surface area (Å²) >= 11 is 0. The number of fused-ring (bicyclic) bond motifs is 1. The maximum absolute atomic E-state index is 13.9. The van der Waals surface area contributed by atoms with Gasteiger partial charge in [-0.1, -0.05) is 0 Å². The van der Waals surface area contributed by atoms with Crippen LogP contribution in [-0.2, 0) is 0 Å². The van der Waals surface area contributed by atoms with Crippen LogP contribution >= 0.6 is 0 Å². The monoisotopic (exact) mass is 227 g/mol. The molecule has 2 atom stereocenters. The summed E-state index contributed by atoms with van der Waals surface area (Å²) in [6.07, 6.45) is -0.116. The number of halogens is 2. The predicted octanol–water partition coefficient (Wildman–Crippen LogP) is 2.09. The van der Waals surface area contributed by atoms with E-state index in [1.807, 2.05) is 0 Å². The van der Waals surface area contributed by atoms with Gasteiger partial charge < -0.3 is 15.3 Å². The fourth-order valence-electron chi connectivity index (χ4n) is 1.59. The van der Waals surface area contributed by atoms with E-state index in [1.165, 1.54) is 19.3 Å². The standard InChI is InChI=1S/C11H11F2NO2/c1-5(14)11(15)9-7(12)4-8-6(10(9)13)2-3-16-8/h2-5,11,15H,14H2,1H3. The fraction of sp³-hybridized carbons (Fsp3) is 0.273. The number of benzene rings is 1. The highest BCUT2D eigenvalue weighted by molar-refractivity contribution is 5.79. The number of rotatable bonds is 2. The fourth-order valence-corrected chi connectivity index (χ4v) is 1.59. The lowest BCUT2D eigenvalue weighted by Gasteiger charge is -2.16. The molecule has 0 fully saturated rings. The molecule has 0 amide bonds. The minimum Gasteiger partial charge on any atom is -0.464 e. The molecule has 0 radical (unpaired) electrons. The number of aliphatic hydroxyl groups excluding tert-OH is 1. The van der Waals surface area contributed by atoms with Crippen molar-refractivity contribution in [2.24, 2.45) is 5.73 Å². The molecule has 1 aromatic carbocycles. The van der Waals surface area contributed by atoms with E-state index in [1.54, 1.807) is 0 Å². The van der Waals surface area contributed by atoms with E-state index < -0.39 is 29.3 Å². The average Bonchev–Trinajstić information content (AvgIpc) is 2.65. The summed E-state index contributed by atoms with van der Waals surface area (Å²) in [4.78, 5) is 0. The number of hydrogen-bond acceptors (Lipinski definition) is 3. The van der Waals surface area contributed by atoms with E-state index in [4.69, 9.17) is 10.2 Å². The highest BCUT2D eigenvalue weighted by atomic mass is 19.1. The summed E-state index contributed by atoms with van der Waals surface area (Å²) in [6.45, 7) is 1.48. The smallest absolute Gasteiger partial charge is 0.143 e. The molecule has 0 bridgehead atoms. The second kappa shape index (κ2) is 3.84. The zero-order valence-corrected chi connectivity index (χ0v) is 8.58. The van der Waals surface area contributed by atoms with Crippen LogP contribution in [-0.4, -0.2) is 11.1 Å². The molecule has 0 aliphatic carbocycles. The van der Waals surface area contributed by atoms with Gasteiger partial charge in [0.25, 0.3) is 0 Å². The van der Waals surface area contributed by atoms with E-state index in [-0.39, 0.29) is 11.0 Å². The Hall–Kier alpha value is -1.46. The molecule has 0 aliphatic rings. The largest absolute Gasteiger partial charge is 0.464 e. The number of aliphatic hydroxyl groups is 1. The summed E-state index contributed by atoms with van der Waals surface area (Å²) in [5.74, 6) is -1.68. The number of hydrogen-bond donors (Lipinski definition) is 2. The maximum Gasteiger partial charge on any atom is 0.143 e. The van der Waals surface area contributed by atoms with Crippen LogP contribution in [0.2, 0.25) is 0 Å². The Morgan fingerprint density at radius 2 is 2.12 bits per heavy atom. The summed E-state index contributed by atoms with van der Waals surface area (Å²) in [5.41, 5.74) is 5.11. The van der Waals surface area contributed by atoms with Gasteiger partial charge in [0.1, 0.15) is 17.2 Å². The van der Waals surface area contributed by atoms with Gasteiger partial charge in [0.2, 0.25) is 0 Å². The quantitative estimate of drug-likeness (QED) is 0.825. The van der Waals surface area contributed by atoms with Gasteiger partial charge in [-0.15, -0.1) is 0 Å².